The van der Waals surface area contributed by atoms with Crippen molar-refractivity contribution in [3.8, 4) is 44.8 Å². The zero-order chi connectivity index (χ0) is 34.8. The van der Waals surface area contributed by atoms with Gasteiger partial charge in [0.1, 0.15) is 0 Å². The van der Waals surface area contributed by atoms with Gasteiger partial charge in [-0.05, 0) is 70.5 Å². The largest absolute Gasteiger partial charge is 0.512 e. The maximum Gasteiger partial charge on any atom is 0.155 e. The van der Waals surface area contributed by atoms with Gasteiger partial charge in [-0.2, -0.15) is 0 Å². The first-order chi connectivity index (χ1) is 23.5. The van der Waals surface area contributed by atoms with E-state index in [4.69, 9.17) is 5.11 Å². The Morgan fingerprint density at radius 3 is 1.34 bits per heavy atom. The monoisotopic (exact) mass is 833 g/mol. The Morgan fingerprint density at radius 2 is 1.00 bits per heavy atom. The van der Waals surface area contributed by atoms with Crippen LogP contribution < -0.4 is 0 Å². The summed E-state index contributed by atoms with van der Waals surface area (Å²) in [6.07, 6.45) is 4.86. The van der Waals surface area contributed by atoms with Crippen molar-refractivity contribution in [3.05, 3.63) is 168 Å². The van der Waals surface area contributed by atoms with Gasteiger partial charge in [0, 0.05) is 38.6 Å². The van der Waals surface area contributed by atoms with Gasteiger partial charge < -0.3 is 15.1 Å². The van der Waals surface area contributed by atoms with Crippen molar-refractivity contribution >= 4 is 5.78 Å². The molecule has 6 aromatic rings. The van der Waals surface area contributed by atoms with E-state index in [-0.39, 0.29) is 42.5 Å². The van der Waals surface area contributed by atoms with E-state index in [1.165, 1.54) is 64.4 Å². The number of ketones is 1. The van der Waals surface area contributed by atoms with Crippen molar-refractivity contribution in [2.75, 3.05) is 0 Å². The first-order valence-corrected chi connectivity index (χ1v) is 16.5. The predicted molar refractivity (Wildman–Crippen MR) is 199 cm³/mol. The average molecular weight is 833 g/mol. The normalized spacial score (nSPS) is 13.8. The van der Waals surface area contributed by atoms with Crippen LogP contribution in [0.25, 0.3) is 44.8 Å². The summed E-state index contributed by atoms with van der Waals surface area (Å²) in [7, 11) is 0. The van der Waals surface area contributed by atoms with Gasteiger partial charge in [0.15, 0.2) is 5.78 Å². The Bertz CT molecular complexity index is 2020. The van der Waals surface area contributed by atoms with Gasteiger partial charge in [-0.1, -0.05) is 112 Å². The summed E-state index contributed by atoms with van der Waals surface area (Å²) in [5.41, 5.74) is 14.9. The number of hydrogen-bond acceptors (Lipinski definition) is 4. The van der Waals surface area contributed by atoms with Crippen molar-refractivity contribution in [2.45, 2.75) is 52.4 Å². The summed E-state index contributed by atoms with van der Waals surface area (Å²) in [4.78, 5) is 19.1. The minimum atomic E-state index is -0.125. The summed E-state index contributed by atoms with van der Waals surface area (Å²) < 4.78 is 0. The molecule has 2 aliphatic rings. The third-order valence-electron chi connectivity index (χ3n) is 9.28. The minimum absolute atomic E-state index is 0. The maximum absolute atomic E-state index is 10.0. The zero-order valence-corrected chi connectivity index (χ0v) is 31.6. The topological polar surface area (TPSA) is 63.1 Å². The maximum atomic E-state index is 10.0. The summed E-state index contributed by atoms with van der Waals surface area (Å²) in [6.45, 7) is 12.0. The zero-order valence-electron chi connectivity index (χ0n) is 29.2. The van der Waals surface area contributed by atoms with Crippen LogP contribution in [-0.2, 0) is 35.7 Å². The molecule has 0 spiro atoms. The molecule has 5 heteroatoms. The van der Waals surface area contributed by atoms with Crippen molar-refractivity contribution in [1.82, 2.24) is 9.97 Å². The van der Waals surface area contributed by atoms with E-state index in [9.17, 15) is 4.79 Å². The quantitative estimate of drug-likeness (QED) is 0.110. The van der Waals surface area contributed by atoms with E-state index >= 15 is 0 Å². The van der Waals surface area contributed by atoms with Crippen LogP contribution in [0.15, 0.2) is 133 Å². The number of nitrogens with zero attached hydrogens (tertiary/aromatic N) is 2. The van der Waals surface area contributed by atoms with E-state index in [1.807, 2.05) is 48.8 Å². The number of hydrogen-bond donors (Lipinski definition) is 1. The third kappa shape index (κ3) is 6.89. The fraction of sp³-hybridized carbons (Fsp3) is 0.178. The second-order valence-corrected chi connectivity index (χ2v) is 13.5. The standard InChI is InChI=1S/2C20H16N.C5H8O2.Ir/c2*1-20(2)17-11-4-3-8-14(17)15-9-7-10-16(19(15)20)18-12-5-6-13-21-18;1-4(6)3-5(2)7;/h2*3-9,11-13H,1-2H3;3,6H,1-2H3;/q2*-1;;/b;;4-3-;. The van der Waals surface area contributed by atoms with Crippen molar-refractivity contribution in [1.29, 1.82) is 0 Å². The van der Waals surface area contributed by atoms with E-state index in [0.29, 0.717) is 0 Å². The van der Waals surface area contributed by atoms with Crippen LogP contribution in [0.4, 0.5) is 0 Å². The van der Waals surface area contributed by atoms with Gasteiger partial charge in [0.2, 0.25) is 0 Å². The summed E-state index contributed by atoms with van der Waals surface area (Å²) in [6, 6.07) is 44.7. The fourth-order valence-corrected chi connectivity index (χ4v) is 7.26. The van der Waals surface area contributed by atoms with E-state index in [0.717, 1.165) is 22.5 Å². The first-order valence-electron chi connectivity index (χ1n) is 16.5. The molecule has 50 heavy (non-hydrogen) atoms. The van der Waals surface area contributed by atoms with Gasteiger partial charge in [-0.3, -0.25) is 4.79 Å². The van der Waals surface area contributed by atoms with Gasteiger partial charge in [0.05, 0.1) is 5.76 Å². The van der Waals surface area contributed by atoms with E-state index in [2.05, 4.69) is 123 Å². The molecule has 0 atom stereocenters. The molecule has 0 unspecified atom stereocenters. The Hall–Kier alpha value is -4.96. The third-order valence-corrected chi connectivity index (χ3v) is 9.28. The number of allylic oxidation sites excluding steroid dienone is 2. The van der Waals surface area contributed by atoms with E-state index < -0.39 is 0 Å². The second-order valence-electron chi connectivity index (χ2n) is 13.5. The van der Waals surface area contributed by atoms with Gasteiger partial charge >= 0.3 is 0 Å². The van der Waals surface area contributed by atoms with Crippen molar-refractivity contribution < 1.29 is 30.0 Å². The minimum Gasteiger partial charge on any atom is -0.512 e. The fourth-order valence-electron chi connectivity index (χ4n) is 7.26. The molecular weight excluding hydrogens is 793 g/mol. The molecule has 0 bridgehead atoms. The smallest absolute Gasteiger partial charge is 0.155 e. The molecule has 0 amide bonds. The molecule has 8 rings (SSSR count). The second kappa shape index (κ2) is 14.9. The molecule has 253 valence electrons. The number of aliphatic hydroxyl groups excluding tert-OH is 1. The SMILES string of the molecule is CC(=O)/C=C(/C)O.CC1(C)c2ccccc2-c2cc[c-]c(-c3ccccn3)c21.CC1(C)c2ccccc2-c2cc[c-]c(-c3ccccn3)c21.[Ir]. The summed E-state index contributed by atoms with van der Waals surface area (Å²) in [5.74, 6) is -0.0625. The molecular formula is C45H40IrN2O2-2. The van der Waals surface area contributed by atoms with Crippen LogP contribution in [0.1, 0.15) is 63.8 Å². The van der Waals surface area contributed by atoms with Gasteiger partial charge in [-0.25, -0.2) is 0 Å². The summed E-state index contributed by atoms with van der Waals surface area (Å²) in [5, 5.41) is 8.36. The Balaban J connectivity index is 0.000000162. The average Bonchev–Trinajstić information content (AvgIpc) is 3.49. The molecule has 1 N–H and O–H groups in total. The van der Waals surface area contributed by atoms with Crippen LogP contribution in [0, 0.1) is 12.1 Å². The molecule has 0 aliphatic heterocycles. The number of aromatic nitrogens is 2. The molecule has 0 fully saturated rings. The van der Waals surface area contributed by atoms with Crippen LogP contribution in [0.5, 0.6) is 0 Å². The van der Waals surface area contributed by atoms with Gasteiger partial charge in [-0.15, -0.1) is 58.7 Å². The number of pyridine rings is 2. The van der Waals surface area contributed by atoms with Crippen LogP contribution in [0.3, 0.4) is 0 Å². The molecule has 2 aliphatic carbocycles. The van der Waals surface area contributed by atoms with Crippen LogP contribution >= 0.6 is 0 Å². The number of carbonyl (C=O) groups is 1. The summed E-state index contributed by atoms with van der Waals surface area (Å²) >= 11 is 0. The first kappa shape index (κ1) is 36.3. The number of aliphatic hydroxyl groups is 1. The van der Waals surface area contributed by atoms with E-state index in [1.54, 1.807) is 0 Å². The number of carbonyl (C=O) groups excluding carboxylic acids is 1. The molecule has 1 radical (unpaired) electrons. The molecule has 2 heterocycles. The molecule has 0 saturated heterocycles. The molecule has 4 nitrogen and oxygen atoms in total. The molecule has 0 saturated carbocycles. The molecule has 4 aromatic carbocycles. The Labute approximate surface area is 309 Å². The number of fused-ring (bicyclic) bond motifs is 6. The van der Waals surface area contributed by atoms with Crippen LogP contribution in [-0.4, -0.2) is 20.9 Å². The Kier molecular flexibility index (Phi) is 10.8. The van der Waals surface area contributed by atoms with Gasteiger partial charge in [0.25, 0.3) is 0 Å². The number of rotatable bonds is 3. The van der Waals surface area contributed by atoms with Crippen molar-refractivity contribution in [3.63, 3.8) is 0 Å². The Morgan fingerprint density at radius 1 is 0.600 bits per heavy atom. The van der Waals surface area contributed by atoms with Crippen LogP contribution in [0.2, 0.25) is 0 Å². The van der Waals surface area contributed by atoms with Crippen molar-refractivity contribution in [2.24, 2.45) is 0 Å². The molecule has 2 aromatic heterocycles. The number of benzene rings is 4. The predicted octanol–water partition coefficient (Wildman–Crippen LogP) is 10.7.